The maximum absolute atomic E-state index is 11.2. The zero-order valence-electron chi connectivity index (χ0n) is 17.0. The van der Waals surface area contributed by atoms with Gasteiger partial charge >= 0.3 is 11.9 Å². The summed E-state index contributed by atoms with van der Waals surface area (Å²) in [5, 5.41) is 23.1. The van der Waals surface area contributed by atoms with E-state index < -0.39 is 24.0 Å². The summed E-state index contributed by atoms with van der Waals surface area (Å²) in [5.41, 5.74) is -0.146. The lowest BCUT2D eigenvalue weighted by atomic mass is 10.00. The highest BCUT2D eigenvalue weighted by atomic mass is 16.4. The molecule has 1 amide bonds. The Morgan fingerprint density at radius 1 is 0.760 bits per heavy atom. The van der Waals surface area contributed by atoms with Gasteiger partial charge in [0.05, 0.1) is 0 Å². The largest absolute Gasteiger partial charge is 0.480 e. The highest BCUT2D eigenvalue weighted by Gasteiger charge is 2.26. The van der Waals surface area contributed by atoms with Crippen LogP contribution < -0.4 is 10.6 Å². The van der Waals surface area contributed by atoms with E-state index in [0.29, 0.717) is 0 Å². The molecule has 0 fully saturated rings. The summed E-state index contributed by atoms with van der Waals surface area (Å²) < 4.78 is 0. The van der Waals surface area contributed by atoms with Crippen molar-refractivity contribution in [1.82, 2.24) is 10.6 Å². The van der Waals surface area contributed by atoms with E-state index in [1.807, 2.05) is 34.6 Å². The fraction of sp³-hybridized carbons (Fsp3) is 0.833. The van der Waals surface area contributed by atoms with E-state index in [1.54, 1.807) is 27.7 Å². The number of rotatable bonds is 7. The topological polar surface area (TPSA) is 116 Å². The Kier molecular flexibility index (Phi) is 11.3. The van der Waals surface area contributed by atoms with Crippen molar-refractivity contribution >= 4 is 17.8 Å². The summed E-state index contributed by atoms with van der Waals surface area (Å²) in [6, 6.07) is -1.24. The number of amides is 1. The van der Waals surface area contributed by atoms with Crippen molar-refractivity contribution in [2.45, 2.75) is 79.9 Å². The summed E-state index contributed by atoms with van der Waals surface area (Å²) >= 11 is 0. The number of carboxylic acids is 2. The summed E-state index contributed by atoms with van der Waals surface area (Å²) in [7, 11) is 0. The monoisotopic (exact) mass is 360 g/mol. The molecule has 0 aromatic heterocycles. The van der Waals surface area contributed by atoms with Crippen LogP contribution in [0.3, 0.4) is 0 Å². The van der Waals surface area contributed by atoms with E-state index >= 15 is 0 Å². The van der Waals surface area contributed by atoms with Crippen molar-refractivity contribution < 1.29 is 24.6 Å². The minimum absolute atomic E-state index is 0.0970. The first-order chi connectivity index (χ1) is 11.1. The molecule has 0 aliphatic carbocycles. The predicted octanol–water partition coefficient (Wildman–Crippen LogP) is 2.35. The molecule has 0 heterocycles. The van der Waals surface area contributed by atoms with Gasteiger partial charge in [-0.25, -0.2) is 4.79 Å². The number of nitrogens with one attached hydrogen (secondary N) is 2. The lowest BCUT2D eigenvalue weighted by Gasteiger charge is -2.28. The summed E-state index contributed by atoms with van der Waals surface area (Å²) in [5.74, 6) is -2.15. The Morgan fingerprint density at radius 3 is 1.28 bits per heavy atom. The van der Waals surface area contributed by atoms with Crippen LogP contribution in [0, 0.1) is 17.8 Å². The zero-order chi connectivity index (χ0) is 20.5. The van der Waals surface area contributed by atoms with Crippen molar-refractivity contribution in [2.24, 2.45) is 17.8 Å². The Morgan fingerprint density at radius 2 is 1.12 bits per heavy atom. The molecule has 0 aliphatic heterocycles. The van der Waals surface area contributed by atoms with Crippen molar-refractivity contribution in [3.05, 3.63) is 0 Å². The van der Waals surface area contributed by atoms with Crippen molar-refractivity contribution in [2.75, 3.05) is 0 Å². The first-order valence-corrected chi connectivity index (χ1v) is 8.63. The molecule has 2 atom stereocenters. The molecule has 0 aromatic rings. The molecule has 7 nitrogen and oxygen atoms in total. The number of hydrogen-bond donors (Lipinski definition) is 4. The van der Waals surface area contributed by atoms with Gasteiger partial charge in [-0.2, -0.15) is 0 Å². The molecule has 0 unspecified atom stereocenters. The van der Waals surface area contributed by atoms with Crippen LogP contribution in [0.15, 0.2) is 0 Å². The molecule has 7 heteroatoms. The maximum Gasteiger partial charge on any atom is 0.326 e. The van der Waals surface area contributed by atoms with E-state index in [1.165, 1.54) is 0 Å². The molecule has 4 N–H and O–H groups in total. The van der Waals surface area contributed by atoms with Gasteiger partial charge in [0, 0.05) is 11.5 Å². The lowest BCUT2D eigenvalue weighted by Crippen LogP contribution is -2.50. The van der Waals surface area contributed by atoms with Gasteiger partial charge in [0.25, 0.3) is 0 Å². The molecule has 25 heavy (non-hydrogen) atoms. The average Bonchev–Trinajstić information content (AvgIpc) is 2.40. The minimum Gasteiger partial charge on any atom is -0.480 e. The van der Waals surface area contributed by atoms with Gasteiger partial charge in [0.1, 0.15) is 12.1 Å². The van der Waals surface area contributed by atoms with Crippen molar-refractivity contribution in [3.8, 4) is 0 Å². The molecule has 0 aromatic carbocycles. The maximum atomic E-state index is 11.2. The average molecular weight is 360 g/mol. The number of hydrogen-bond acceptors (Lipinski definition) is 4. The molecule has 0 rings (SSSR count). The van der Waals surface area contributed by atoms with Crippen LogP contribution in [-0.2, 0) is 14.4 Å². The molecule has 0 saturated carbocycles. The van der Waals surface area contributed by atoms with Crippen LogP contribution in [0.5, 0.6) is 0 Å². The Balaban J connectivity index is 0. The number of carbonyl (C=O) groups excluding carboxylic acids is 1. The van der Waals surface area contributed by atoms with E-state index in [-0.39, 0.29) is 29.2 Å². The third-order valence-electron chi connectivity index (χ3n) is 3.28. The highest BCUT2D eigenvalue weighted by Crippen LogP contribution is 2.08. The third-order valence-corrected chi connectivity index (χ3v) is 3.28. The van der Waals surface area contributed by atoms with Crippen molar-refractivity contribution in [3.63, 3.8) is 0 Å². The van der Waals surface area contributed by atoms with Gasteiger partial charge < -0.3 is 15.5 Å². The standard InChI is InChI=1S/C9H17NO3.C9H19NO2/c1-5(2)7(9(12)13)10-8(11)6(3)4;1-6(2)7(8(11)12)10-9(3,4)5/h5-7H,1-4H3,(H,10,11)(H,12,13);6-7,10H,1-5H3,(H,11,12)/t2*7-/m00/s1. The molecule has 0 bridgehead atoms. The highest BCUT2D eigenvalue weighted by molar-refractivity contribution is 5.84. The Bertz CT molecular complexity index is 439. The SMILES string of the molecule is CC(C)C(=O)N[C@H](C(=O)O)C(C)C.CC(C)[C@H](NC(C)(C)C)C(=O)O. The van der Waals surface area contributed by atoms with Crippen LogP contribution >= 0.6 is 0 Å². The smallest absolute Gasteiger partial charge is 0.326 e. The van der Waals surface area contributed by atoms with Crippen LogP contribution in [0.25, 0.3) is 0 Å². The molecular weight excluding hydrogens is 324 g/mol. The Labute approximate surface area is 151 Å². The van der Waals surface area contributed by atoms with Crippen LogP contribution in [0.1, 0.15) is 62.3 Å². The van der Waals surface area contributed by atoms with Gasteiger partial charge in [-0.15, -0.1) is 0 Å². The third kappa shape index (κ3) is 12.4. The molecule has 148 valence electrons. The van der Waals surface area contributed by atoms with E-state index in [2.05, 4.69) is 10.6 Å². The minimum atomic E-state index is -0.982. The molecule has 0 aliphatic rings. The zero-order valence-corrected chi connectivity index (χ0v) is 17.0. The van der Waals surface area contributed by atoms with Gasteiger partial charge in [0.15, 0.2) is 0 Å². The lowest BCUT2D eigenvalue weighted by molar-refractivity contribution is -0.143. The summed E-state index contributed by atoms with van der Waals surface area (Å²) in [6.07, 6.45) is 0. The fourth-order valence-electron chi connectivity index (χ4n) is 1.81. The van der Waals surface area contributed by atoms with Gasteiger partial charge in [-0.05, 0) is 32.6 Å². The second-order valence-electron chi connectivity index (χ2n) is 8.18. The number of aliphatic carboxylic acids is 2. The molecule has 0 saturated heterocycles. The van der Waals surface area contributed by atoms with Crippen molar-refractivity contribution in [1.29, 1.82) is 0 Å². The van der Waals surface area contributed by atoms with E-state index in [9.17, 15) is 14.4 Å². The number of carbonyl (C=O) groups is 3. The predicted molar refractivity (Wildman–Crippen MR) is 98.4 cm³/mol. The second-order valence-corrected chi connectivity index (χ2v) is 8.18. The van der Waals surface area contributed by atoms with Crippen LogP contribution in [-0.4, -0.2) is 45.7 Å². The fourth-order valence-corrected chi connectivity index (χ4v) is 1.81. The van der Waals surface area contributed by atoms with Gasteiger partial charge in [0.2, 0.25) is 5.91 Å². The normalized spacial score (nSPS) is 13.9. The van der Waals surface area contributed by atoms with E-state index in [0.717, 1.165) is 0 Å². The first kappa shape index (κ1) is 25.6. The Hall–Kier alpha value is -1.63. The number of carboxylic acid groups (broad SMARTS) is 2. The van der Waals surface area contributed by atoms with Gasteiger partial charge in [-0.1, -0.05) is 41.5 Å². The van der Waals surface area contributed by atoms with Gasteiger partial charge in [-0.3, -0.25) is 14.9 Å². The molecular formula is C18H36N2O5. The summed E-state index contributed by atoms with van der Waals surface area (Å²) in [6.45, 7) is 16.7. The quantitative estimate of drug-likeness (QED) is 0.554. The van der Waals surface area contributed by atoms with E-state index in [4.69, 9.17) is 10.2 Å². The second kappa shape index (κ2) is 11.1. The summed E-state index contributed by atoms with van der Waals surface area (Å²) in [4.78, 5) is 32.6. The molecule has 0 radical (unpaired) electrons. The molecule has 0 spiro atoms. The van der Waals surface area contributed by atoms with Crippen LogP contribution in [0.2, 0.25) is 0 Å². The van der Waals surface area contributed by atoms with Crippen LogP contribution in [0.4, 0.5) is 0 Å². The first-order valence-electron chi connectivity index (χ1n) is 8.63.